The Hall–Kier alpha value is -0.160. The zero-order valence-corrected chi connectivity index (χ0v) is 12.9. The van der Waals surface area contributed by atoms with Crippen LogP contribution in [0, 0.1) is 5.41 Å². The molecule has 4 nitrogen and oxygen atoms in total. The predicted octanol–water partition coefficient (Wildman–Crippen LogP) is 1.28. The molecule has 108 valence electrons. The Morgan fingerprint density at radius 2 is 1.94 bits per heavy atom. The molecule has 0 aromatic carbocycles. The Morgan fingerprint density at radius 1 is 1.28 bits per heavy atom. The van der Waals surface area contributed by atoms with Gasteiger partial charge in [-0.2, -0.15) is 0 Å². The Labute approximate surface area is 113 Å². The molecule has 3 N–H and O–H groups in total. The van der Waals surface area contributed by atoms with E-state index in [1.54, 1.807) is 0 Å². The first-order valence-electron chi connectivity index (χ1n) is 7.18. The van der Waals surface area contributed by atoms with E-state index in [2.05, 4.69) is 50.1 Å². The van der Waals surface area contributed by atoms with Gasteiger partial charge in [0.1, 0.15) is 0 Å². The molecule has 1 rings (SSSR count). The first-order valence-corrected chi connectivity index (χ1v) is 7.18. The number of hydrogen-bond acceptors (Lipinski definition) is 4. The van der Waals surface area contributed by atoms with Crippen LogP contribution in [0.2, 0.25) is 0 Å². The van der Waals surface area contributed by atoms with Gasteiger partial charge in [-0.05, 0) is 51.9 Å². The van der Waals surface area contributed by atoms with Crippen molar-refractivity contribution in [2.45, 2.75) is 52.1 Å². The first-order chi connectivity index (χ1) is 8.33. The third-order valence-electron chi connectivity index (χ3n) is 4.00. The molecule has 1 aliphatic rings. The molecule has 0 saturated carbocycles. The highest BCUT2D eigenvalue weighted by molar-refractivity contribution is 4.87. The standard InChI is InChI=1S/C14H32N4/c1-14(2,3)8-7-12(16-15)13-11-17(4)9-6-10-18(13)5/h12-13,16H,6-11,15H2,1-5H3. The summed E-state index contributed by atoms with van der Waals surface area (Å²) in [5.41, 5.74) is 3.43. The zero-order chi connectivity index (χ0) is 13.8. The minimum atomic E-state index is 0.379. The number of hydrazine groups is 1. The SMILES string of the molecule is CN1CCCN(C)C(C(CCC(C)(C)C)NN)C1. The molecular formula is C14H32N4. The molecule has 0 radical (unpaired) electrons. The van der Waals surface area contributed by atoms with Crippen molar-refractivity contribution in [3.63, 3.8) is 0 Å². The molecule has 1 saturated heterocycles. The second-order valence-electron chi connectivity index (χ2n) is 7.04. The monoisotopic (exact) mass is 256 g/mol. The third kappa shape index (κ3) is 5.22. The molecule has 0 aromatic heterocycles. The average Bonchev–Trinajstić information content (AvgIpc) is 2.41. The van der Waals surface area contributed by atoms with Gasteiger partial charge in [0.05, 0.1) is 0 Å². The van der Waals surface area contributed by atoms with E-state index in [0.29, 0.717) is 17.5 Å². The zero-order valence-electron chi connectivity index (χ0n) is 12.9. The highest BCUT2D eigenvalue weighted by Gasteiger charge is 2.28. The van der Waals surface area contributed by atoms with Crippen molar-refractivity contribution in [2.75, 3.05) is 33.7 Å². The molecule has 1 heterocycles. The summed E-state index contributed by atoms with van der Waals surface area (Å²) in [7, 11) is 4.44. The van der Waals surface area contributed by atoms with Gasteiger partial charge in [0, 0.05) is 18.6 Å². The van der Waals surface area contributed by atoms with E-state index in [9.17, 15) is 0 Å². The maximum Gasteiger partial charge on any atom is 0.0386 e. The lowest BCUT2D eigenvalue weighted by Gasteiger charge is -2.35. The Balaban J connectivity index is 2.60. The van der Waals surface area contributed by atoms with Crippen LogP contribution in [-0.2, 0) is 0 Å². The summed E-state index contributed by atoms with van der Waals surface area (Å²) in [4.78, 5) is 4.90. The molecule has 0 spiro atoms. The fraction of sp³-hybridized carbons (Fsp3) is 1.00. The molecule has 0 amide bonds. The fourth-order valence-corrected chi connectivity index (χ4v) is 2.72. The Morgan fingerprint density at radius 3 is 2.50 bits per heavy atom. The molecule has 2 atom stereocenters. The van der Waals surface area contributed by atoms with E-state index < -0.39 is 0 Å². The van der Waals surface area contributed by atoms with Crippen molar-refractivity contribution in [1.29, 1.82) is 0 Å². The summed E-state index contributed by atoms with van der Waals surface area (Å²) in [5.74, 6) is 5.80. The van der Waals surface area contributed by atoms with E-state index in [1.165, 1.54) is 25.9 Å². The molecule has 2 unspecified atom stereocenters. The molecule has 0 bridgehead atoms. The smallest absolute Gasteiger partial charge is 0.0386 e. The number of nitrogens with one attached hydrogen (secondary N) is 1. The largest absolute Gasteiger partial charge is 0.305 e. The minimum Gasteiger partial charge on any atom is -0.305 e. The van der Waals surface area contributed by atoms with E-state index in [4.69, 9.17) is 5.84 Å². The van der Waals surface area contributed by atoms with Crippen LogP contribution < -0.4 is 11.3 Å². The van der Waals surface area contributed by atoms with Crippen molar-refractivity contribution >= 4 is 0 Å². The second kappa shape index (κ2) is 6.85. The van der Waals surface area contributed by atoms with Gasteiger partial charge in [-0.25, -0.2) is 0 Å². The lowest BCUT2D eigenvalue weighted by molar-refractivity contribution is 0.163. The predicted molar refractivity (Wildman–Crippen MR) is 78.3 cm³/mol. The lowest BCUT2D eigenvalue weighted by atomic mass is 9.87. The van der Waals surface area contributed by atoms with Crippen molar-refractivity contribution in [2.24, 2.45) is 11.3 Å². The van der Waals surface area contributed by atoms with Gasteiger partial charge in [0.2, 0.25) is 0 Å². The number of nitrogens with zero attached hydrogens (tertiary/aromatic N) is 2. The van der Waals surface area contributed by atoms with Crippen molar-refractivity contribution in [1.82, 2.24) is 15.2 Å². The van der Waals surface area contributed by atoms with Crippen LogP contribution in [0.15, 0.2) is 0 Å². The van der Waals surface area contributed by atoms with Crippen LogP contribution >= 0.6 is 0 Å². The summed E-state index contributed by atoms with van der Waals surface area (Å²) in [6.45, 7) is 10.4. The topological polar surface area (TPSA) is 44.5 Å². The van der Waals surface area contributed by atoms with Gasteiger partial charge >= 0.3 is 0 Å². The third-order valence-corrected chi connectivity index (χ3v) is 4.00. The van der Waals surface area contributed by atoms with E-state index in [0.717, 1.165) is 13.0 Å². The Kier molecular flexibility index (Phi) is 6.05. The number of nitrogens with two attached hydrogens (primary N) is 1. The molecule has 4 heteroatoms. The quantitative estimate of drug-likeness (QED) is 0.587. The molecule has 1 fully saturated rings. The van der Waals surface area contributed by atoms with Crippen LogP contribution in [0.5, 0.6) is 0 Å². The van der Waals surface area contributed by atoms with Crippen LogP contribution in [0.25, 0.3) is 0 Å². The average molecular weight is 256 g/mol. The highest BCUT2D eigenvalue weighted by atomic mass is 15.3. The summed E-state index contributed by atoms with van der Waals surface area (Å²) >= 11 is 0. The first kappa shape index (κ1) is 15.9. The van der Waals surface area contributed by atoms with E-state index in [-0.39, 0.29) is 0 Å². The fourth-order valence-electron chi connectivity index (χ4n) is 2.72. The molecule has 0 aliphatic carbocycles. The molecular weight excluding hydrogens is 224 g/mol. The van der Waals surface area contributed by atoms with Crippen molar-refractivity contribution in [3.05, 3.63) is 0 Å². The van der Waals surface area contributed by atoms with E-state index >= 15 is 0 Å². The Bertz CT molecular complexity index is 236. The van der Waals surface area contributed by atoms with Crippen molar-refractivity contribution < 1.29 is 0 Å². The van der Waals surface area contributed by atoms with Gasteiger partial charge in [0.15, 0.2) is 0 Å². The summed E-state index contributed by atoms with van der Waals surface area (Å²) in [6.07, 6.45) is 3.60. The minimum absolute atomic E-state index is 0.379. The van der Waals surface area contributed by atoms with Gasteiger partial charge < -0.3 is 9.80 Å². The summed E-state index contributed by atoms with van der Waals surface area (Å²) in [6, 6.07) is 0.902. The van der Waals surface area contributed by atoms with Gasteiger partial charge in [-0.15, -0.1) is 0 Å². The van der Waals surface area contributed by atoms with Gasteiger partial charge in [-0.1, -0.05) is 20.8 Å². The molecule has 1 aliphatic heterocycles. The van der Waals surface area contributed by atoms with Gasteiger partial charge in [-0.3, -0.25) is 11.3 Å². The van der Waals surface area contributed by atoms with Crippen LogP contribution in [0.3, 0.4) is 0 Å². The normalized spacial score (nSPS) is 26.0. The maximum absolute atomic E-state index is 5.80. The van der Waals surface area contributed by atoms with E-state index in [1.807, 2.05) is 0 Å². The number of hydrogen-bond donors (Lipinski definition) is 2. The maximum atomic E-state index is 5.80. The molecule has 0 aromatic rings. The second-order valence-corrected chi connectivity index (χ2v) is 7.04. The van der Waals surface area contributed by atoms with Gasteiger partial charge in [0.25, 0.3) is 0 Å². The number of rotatable bonds is 4. The number of likely N-dealkylation sites (N-methyl/N-ethyl adjacent to an activating group) is 2. The summed E-state index contributed by atoms with van der Waals surface area (Å²) < 4.78 is 0. The highest BCUT2D eigenvalue weighted by Crippen LogP contribution is 2.23. The lowest BCUT2D eigenvalue weighted by Crippen LogP contribution is -2.54. The van der Waals surface area contributed by atoms with Crippen molar-refractivity contribution in [3.8, 4) is 0 Å². The van der Waals surface area contributed by atoms with Crippen LogP contribution in [-0.4, -0.2) is 55.6 Å². The molecule has 18 heavy (non-hydrogen) atoms. The van der Waals surface area contributed by atoms with Crippen LogP contribution in [0.1, 0.15) is 40.0 Å². The summed E-state index contributed by atoms with van der Waals surface area (Å²) in [5, 5.41) is 0. The van der Waals surface area contributed by atoms with Crippen LogP contribution in [0.4, 0.5) is 0 Å².